The van der Waals surface area contributed by atoms with Crippen LogP contribution in [0.4, 0.5) is 0 Å². The van der Waals surface area contributed by atoms with Gasteiger partial charge in [0.1, 0.15) is 18.2 Å². The second-order valence-corrected chi connectivity index (χ2v) is 4.70. The van der Waals surface area contributed by atoms with E-state index in [1.165, 1.54) is 20.1 Å². The third-order valence-electron chi connectivity index (χ3n) is 2.65. The maximum atomic E-state index is 11.2. The molecule has 130 valence electrons. The summed E-state index contributed by atoms with van der Waals surface area (Å²) in [6, 6.07) is 1.47. The normalized spacial score (nSPS) is 10.3. The molecule has 0 fully saturated rings. The van der Waals surface area contributed by atoms with Gasteiger partial charge in [0.25, 0.3) is 0 Å². The van der Waals surface area contributed by atoms with Crippen LogP contribution in [-0.4, -0.2) is 53.7 Å². The van der Waals surface area contributed by atoms with Crippen molar-refractivity contribution in [3.63, 3.8) is 0 Å². The van der Waals surface area contributed by atoms with Crippen molar-refractivity contribution in [3.05, 3.63) is 11.1 Å². The molecule has 8 heteroatoms. The zero-order chi connectivity index (χ0) is 17.2. The lowest BCUT2D eigenvalue weighted by Crippen LogP contribution is -2.11. The first-order chi connectivity index (χ1) is 11.0. The van der Waals surface area contributed by atoms with Gasteiger partial charge in [-0.2, -0.15) is 0 Å². The Morgan fingerprint density at radius 3 is 2.00 bits per heavy atom. The van der Waals surface area contributed by atoms with Gasteiger partial charge < -0.3 is 28.4 Å². The Labute approximate surface area is 140 Å². The predicted octanol–water partition coefficient (Wildman–Crippen LogP) is 2.32. The zero-order valence-corrected chi connectivity index (χ0v) is 14.4. The monoisotopic (exact) mass is 348 g/mol. The lowest BCUT2D eigenvalue weighted by atomic mass is 10.2. The van der Waals surface area contributed by atoms with Gasteiger partial charge in [0.15, 0.2) is 17.2 Å². The van der Waals surface area contributed by atoms with Crippen LogP contribution in [0.5, 0.6) is 23.0 Å². The summed E-state index contributed by atoms with van der Waals surface area (Å²) in [7, 11) is 4.58. The van der Waals surface area contributed by atoms with Crippen LogP contribution in [0.15, 0.2) is 6.07 Å². The van der Waals surface area contributed by atoms with E-state index in [1.54, 1.807) is 14.2 Å². The molecule has 0 saturated heterocycles. The molecule has 0 aliphatic rings. The minimum Gasteiger partial charge on any atom is -0.493 e. The maximum Gasteiger partial charge on any atom is 0.308 e. The maximum absolute atomic E-state index is 11.2. The van der Waals surface area contributed by atoms with E-state index in [0.717, 1.165) is 0 Å². The number of carbonyl (C=O) groups excluding carboxylic acids is 1. The number of hydrogen-bond acceptors (Lipinski definition) is 7. The van der Waals surface area contributed by atoms with Gasteiger partial charge in [-0.15, -0.1) is 0 Å². The van der Waals surface area contributed by atoms with E-state index in [1.807, 2.05) is 0 Å². The number of halogens is 1. The van der Waals surface area contributed by atoms with E-state index < -0.39 is 5.97 Å². The third kappa shape index (κ3) is 5.78. The molecule has 0 saturated carbocycles. The second kappa shape index (κ2) is 10.1. The van der Waals surface area contributed by atoms with Gasteiger partial charge >= 0.3 is 5.97 Å². The Morgan fingerprint density at radius 1 is 0.957 bits per heavy atom. The van der Waals surface area contributed by atoms with Crippen molar-refractivity contribution in [2.75, 3.05) is 47.8 Å². The van der Waals surface area contributed by atoms with Crippen LogP contribution in [0.1, 0.15) is 6.92 Å². The number of hydrogen-bond donors (Lipinski definition) is 0. The Morgan fingerprint density at radius 2 is 1.52 bits per heavy atom. The quantitative estimate of drug-likeness (QED) is 0.365. The third-order valence-corrected chi connectivity index (χ3v) is 3.01. The first-order valence-corrected chi connectivity index (χ1v) is 7.25. The highest BCUT2D eigenvalue weighted by molar-refractivity contribution is 6.34. The lowest BCUT2D eigenvalue weighted by Gasteiger charge is -2.18. The molecule has 0 heterocycles. The average molecular weight is 349 g/mol. The summed E-state index contributed by atoms with van der Waals surface area (Å²) < 4.78 is 31.5. The molecular weight excluding hydrogens is 328 g/mol. The van der Waals surface area contributed by atoms with Gasteiger partial charge in [-0.3, -0.25) is 4.79 Å². The summed E-state index contributed by atoms with van der Waals surface area (Å²) in [5.41, 5.74) is 0. The van der Waals surface area contributed by atoms with E-state index in [4.69, 9.17) is 40.0 Å². The molecule has 0 radical (unpaired) electrons. The van der Waals surface area contributed by atoms with Crippen molar-refractivity contribution in [3.8, 4) is 23.0 Å². The van der Waals surface area contributed by atoms with Gasteiger partial charge in [-0.05, 0) is 0 Å². The minimum atomic E-state index is -0.509. The summed E-state index contributed by atoms with van der Waals surface area (Å²) >= 11 is 6.27. The molecule has 0 aliphatic heterocycles. The van der Waals surface area contributed by atoms with Crippen molar-refractivity contribution in [1.29, 1.82) is 0 Å². The van der Waals surface area contributed by atoms with Gasteiger partial charge in [0.2, 0.25) is 5.75 Å². The molecule has 1 rings (SSSR count). The van der Waals surface area contributed by atoms with E-state index >= 15 is 0 Å². The van der Waals surface area contributed by atoms with Crippen LogP contribution >= 0.6 is 11.6 Å². The fraction of sp³-hybridized carbons (Fsp3) is 0.533. The molecule has 0 aliphatic carbocycles. The smallest absolute Gasteiger partial charge is 0.308 e. The van der Waals surface area contributed by atoms with Gasteiger partial charge in [-0.25, -0.2) is 0 Å². The minimum absolute atomic E-state index is 0.115. The van der Waals surface area contributed by atoms with E-state index in [2.05, 4.69) is 0 Å². The van der Waals surface area contributed by atoms with Gasteiger partial charge in [-0.1, -0.05) is 11.6 Å². The van der Waals surface area contributed by atoms with Crippen molar-refractivity contribution >= 4 is 17.6 Å². The summed E-state index contributed by atoms with van der Waals surface area (Å²) in [5.74, 6) is 0.471. The molecule has 23 heavy (non-hydrogen) atoms. The fourth-order valence-electron chi connectivity index (χ4n) is 1.67. The van der Waals surface area contributed by atoms with Gasteiger partial charge in [0, 0.05) is 27.2 Å². The molecule has 0 spiro atoms. The fourth-order valence-corrected chi connectivity index (χ4v) is 1.91. The average Bonchev–Trinajstić information content (AvgIpc) is 2.52. The molecule has 0 amide bonds. The molecule has 7 nitrogen and oxygen atoms in total. The Hall–Kier alpha value is -1.70. The molecule has 1 aromatic rings. The summed E-state index contributed by atoms with van der Waals surface area (Å²) in [6.45, 7) is 2.52. The van der Waals surface area contributed by atoms with E-state index in [-0.39, 0.29) is 29.7 Å². The first kappa shape index (κ1) is 19.3. The van der Waals surface area contributed by atoms with E-state index in [0.29, 0.717) is 24.7 Å². The highest BCUT2D eigenvalue weighted by Gasteiger charge is 2.22. The summed E-state index contributed by atoms with van der Waals surface area (Å²) in [4.78, 5) is 11.2. The predicted molar refractivity (Wildman–Crippen MR) is 84.1 cm³/mol. The van der Waals surface area contributed by atoms with Crippen LogP contribution in [-0.2, 0) is 14.3 Å². The Bertz CT molecular complexity index is 519. The van der Waals surface area contributed by atoms with Crippen LogP contribution in [0, 0.1) is 0 Å². The molecule has 0 atom stereocenters. The highest BCUT2D eigenvalue weighted by Crippen LogP contribution is 2.48. The lowest BCUT2D eigenvalue weighted by molar-refractivity contribution is -0.131. The number of benzene rings is 1. The van der Waals surface area contributed by atoms with E-state index in [9.17, 15) is 4.79 Å². The Kier molecular flexibility index (Phi) is 8.53. The van der Waals surface area contributed by atoms with Crippen LogP contribution in [0.3, 0.4) is 0 Å². The molecular formula is C15H21ClO7. The van der Waals surface area contributed by atoms with Crippen LogP contribution < -0.4 is 18.9 Å². The van der Waals surface area contributed by atoms with Crippen molar-refractivity contribution < 1.29 is 33.2 Å². The second-order valence-electron chi connectivity index (χ2n) is 4.33. The van der Waals surface area contributed by atoms with Crippen molar-refractivity contribution in [2.24, 2.45) is 0 Å². The highest BCUT2D eigenvalue weighted by atomic mass is 35.5. The SMILES string of the molecule is COCCOc1c(OC)cc(OC(C)=O)c(Cl)c1OCCOC. The molecule has 0 unspecified atom stereocenters. The van der Waals surface area contributed by atoms with Crippen LogP contribution in [0.25, 0.3) is 0 Å². The number of carbonyl (C=O) groups is 1. The van der Waals surface area contributed by atoms with Crippen molar-refractivity contribution in [2.45, 2.75) is 6.92 Å². The molecule has 0 bridgehead atoms. The molecule has 1 aromatic carbocycles. The summed E-state index contributed by atoms with van der Waals surface area (Å²) in [5, 5.41) is 0.115. The summed E-state index contributed by atoms with van der Waals surface area (Å²) in [6.07, 6.45) is 0. The first-order valence-electron chi connectivity index (χ1n) is 6.87. The van der Waals surface area contributed by atoms with Crippen LogP contribution in [0.2, 0.25) is 5.02 Å². The number of rotatable bonds is 10. The number of esters is 1. The topological polar surface area (TPSA) is 72.5 Å². The van der Waals surface area contributed by atoms with Gasteiger partial charge in [0.05, 0.1) is 20.3 Å². The molecule has 0 N–H and O–H groups in total. The standard InChI is InChI=1S/C15H21ClO7/c1-10(17)23-11-9-12(20-4)14(21-7-5-18-2)15(13(11)16)22-8-6-19-3/h9H,5-8H2,1-4H3. The largest absolute Gasteiger partial charge is 0.493 e. The van der Waals surface area contributed by atoms with Crippen molar-refractivity contribution in [1.82, 2.24) is 0 Å². The zero-order valence-electron chi connectivity index (χ0n) is 13.6. The Balaban J connectivity index is 3.20. The number of methoxy groups -OCH3 is 3. The number of ether oxygens (including phenoxy) is 6. The molecule has 0 aromatic heterocycles.